The average molecular weight is 288 g/mol. The number of likely N-dealkylation sites (tertiary alicyclic amines) is 1. The van der Waals surface area contributed by atoms with Crippen LogP contribution in [0.25, 0.3) is 11.1 Å². The third-order valence-electron chi connectivity index (χ3n) is 4.23. The van der Waals surface area contributed by atoms with Crippen molar-refractivity contribution in [2.45, 2.75) is 32.7 Å². The van der Waals surface area contributed by atoms with Gasteiger partial charge in [0.25, 0.3) is 0 Å². The highest BCUT2D eigenvalue weighted by atomic mass is 16.4. The third kappa shape index (κ3) is 2.48. The SMILES string of the molecule is C[C@@H]1CCCN(C(=O)[C@@H](C)n2c(=O)oc3ccccc32)C1. The minimum Gasteiger partial charge on any atom is -0.408 e. The third-order valence-corrected chi connectivity index (χ3v) is 4.23. The number of amides is 1. The van der Waals surface area contributed by atoms with Crippen LogP contribution in [0.5, 0.6) is 0 Å². The van der Waals surface area contributed by atoms with E-state index in [1.807, 2.05) is 23.1 Å². The van der Waals surface area contributed by atoms with Crippen molar-refractivity contribution >= 4 is 17.0 Å². The first-order valence-electron chi connectivity index (χ1n) is 7.47. The zero-order chi connectivity index (χ0) is 15.0. The van der Waals surface area contributed by atoms with Gasteiger partial charge in [-0.25, -0.2) is 4.79 Å². The maximum atomic E-state index is 12.7. The summed E-state index contributed by atoms with van der Waals surface area (Å²) in [5.41, 5.74) is 1.20. The number of fused-ring (bicyclic) bond motifs is 1. The van der Waals surface area contributed by atoms with Crippen molar-refractivity contribution in [2.75, 3.05) is 13.1 Å². The molecule has 2 atom stereocenters. The maximum absolute atomic E-state index is 12.7. The summed E-state index contributed by atoms with van der Waals surface area (Å²) < 4.78 is 6.67. The molecule has 1 amide bonds. The lowest BCUT2D eigenvalue weighted by Gasteiger charge is -2.32. The molecular weight excluding hydrogens is 268 g/mol. The van der Waals surface area contributed by atoms with Crippen molar-refractivity contribution < 1.29 is 9.21 Å². The number of hydrogen-bond donors (Lipinski definition) is 0. The van der Waals surface area contributed by atoms with Gasteiger partial charge in [-0.15, -0.1) is 0 Å². The van der Waals surface area contributed by atoms with Crippen LogP contribution in [0.3, 0.4) is 0 Å². The van der Waals surface area contributed by atoms with Gasteiger partial charge in [-0.3, -0.25) is 9.36 Å². The quantitative estimate of drug-likeness (QED) is 0.852. The summed E-state index contributed by atoms with van der Waals surface area (Å²) in [6, 6.07) is 6.67. The molecule has 0 saturated carbocycles. The number of nitrogens with zero attached hydrogens (tertiary/aromatic N) is 2. The van der Waals surface area contributed by atoms with Gasteiger partial charge in [-0.1, -0.05) is 19.1 Å². The largest absolute Gasteiger partial charge is 0.420 e. The summed E-state index contributed by atoms with van der Waals surface area (Å²) in [6.07, 6.45) is 2.19. The Hall–Kier alpha value is -2.04. The van der Waals surface area contributed by atoms with Crippen LogP contribution in [0.4, 0.5) is 0 Å². The van der Waals surface area contributed by atoms with Gasteiger partial charge >= 0.3 is 5.76 Å². The summed E-state index contributed by atoms with van der Waals surface area (Å²) in [7, 11) is 0. The Morgan fingerprint density at radius 1 is 1.38 bits per heavy atom. The Morgan fingerprint density at radius 2 is 2.14 bits per heavy atom. The molecule has 1 aliphatic rings. The lowest BCUT2D eigenvalue weighted by atomic mass is 10.00. The van der Waals surface area contributed by atoms with Crippen molar-refractivity contribution in [2.24, 2.45) is 5.92 Å². The first-order valence-corrected chi connectivity index (χ1v) is 7.47. The van der Waals surface area contributed by atoms with E-state index in [9.17, 15) is 9.59 Å². The Morgan fingerprint density at radius 3 is 2.90 bits per heavy atom. The number of para-hydroxylation sites is 2. The molecular formula is C16H20N2O3. The Balaban J connectivity index is 1.93. The van der Waals surface area contributed by atoms with Crippen molar-refractivity contribution in [1.82, 2.24) is 9.47 Å². The van der Waals surface area contributed by atoms with Crippen molar-refractivity contribution in [3.05, 3.63) is 34.8 Å². The minimum absolute atomic E-state index is 0.00444. The highest BCUT2D eigenvalue weighted by molar-refractivity contribution is 5.83. The molecule has 0 aliphatic carbocycles. The van der Waals surface area contributed by atoms with E-state index >= 15 is 0 Å². The first kappa shape index (κ1) is 13.9. The van der Waals surface area contributed by atoms with Crippen LogP contribution in [-0.2, 0) is 4.79 Å². The minimum atomic E-state index is -0.536. The van der Waals surface area contributed by atoms with Gasteiger partial charge in [0.2, 0.25) is 5.91 Å². The normalized spacial score (nSPS) is 20.7. The molecule has 5 heteroatoms. The van der Waals surface area contributed by atoms with Crippen LogP contribution in [0.1, 0.15) is 32.7 Å². The van der Waals surface area contributed by atoms with Gasteiger partial charge in [0.1, 0.15) is 6.04 Å². The highest BCUT2D eigenvalue weighted by Gasteiger charge is 2.28. The molecule has 0 bridgehead atoms. The lowest BCUT2D eigenvalue weighted by molar-refractivity contribution is -0.136. The molecule has 1 fully saturated rings. The fraction of sp³-hybridized carbons (Fsp3) is 0.500. The summed E-state index contributed by atoms with van der Waals surface area (Å²) in [4.78, 5) is 26.6. The summed E-state index contributed by atoms with van der Waals surface area (Å²) in [5, 5.41) is 0. The predicted octanol–water partition coefficient (Wildman–Crippen LogP) is 2.41. The molecule has 1 aliphatic heterocycles. The summed E-state index contributed by atoms with van der Waals surface area (Å²) in [5.74, 6) is 0.0463. The summed E-state index contributed by atoms with van der Waals surface area (Å²) in [6.45, 7) is 5.47. The number of piperidine rings is 1. The first-order chi connectivity index (χ1) is 10.1. The molecule has 1 aromatic heterocycles. The number of carbonyl (C=O) groups excluding carboxylic acids is 1. The van der Waals surface area contributed by atoms with Gasteiger partial charge in [-0.05, 0) is 37.8 Å². The molecule has 112 valence electrons. The van der Waals surface area contributed by atoms with E-state index in [0.29, 0.717) is 17.0 Å². The second-order valence-corrected chi connectivity index (χ2v) is 5.91. The van der Waals surface area contributed by atoms with Crippen LogP contribution in [0.15, 0.2) is 33.5 Å². The van der Waals surface area contributed by atoms with Gasteiger partial charge in [-0.2, -0.15) is 0 Å². The Labute approximate surface area is 123 Å². The Bertz CT molecular complexity index is 716. The topological polar surface area (TPSA) is 55.5 Å². The molecule has 1 aromatic carbocycles. The molecule has 21 heavy (non-hydrogen) atoms. The summed E-state index contributed by atoms with van der Waals surface area (Å²) >= 11 is 0. The standard InChI is InChI=1S/C16H20N2O3/c1-11-6-5-9-17(10-11)15(19)12(2)18-13-7-3-4-8-14(13)21-16(18)20/h3-4,7-8,11-12H,5-6,9-10H2,1-2H3/t11-,12-/m1/s1. The molecule has 5 nitrogen and oxygen atoms in total. The van der Waals surface area contributed by atoms with Crippen LogP contribution in [-0.4, -0.2) is 28.5 Å². The van der Waals surface area contributed by atoms with Gasteiger partial charge < -0.3 is 9.32 Å². The van der Waals surface area contributed by atoms with E-state index in [0.717, 1.165) is 25.9 Å². The van der Waals surface area contributed by atoms with Crippen LogP contribution in [0.2, 0.25) is 0 Å². The van der Waals surface area contributed by atoms with Gasteiger partial charge in [0.05, 0.1) is 5.52 Å². The van der Waals surface area contributed by atoms with Crippen LogP contribution in [0, 0.1) is 5.92 Å². The fourth-order valence-electron chi connectivity index (χ4n) is 3.12. The van der Waals surface area contributed by atoms with Crippen LogP contribution < -0.4 is 5.76 Å². The van der Waals surface area contributed by atoms with Crippen molar-refractivity contribution in [1.29, 1.82) is 0 Å². The number of aromatic nitrogens is 1. The highest BCUT2D eigenvalue weighted by Crippen LogP contribution is 2.21. The van der Waals surface area contributed by atoms with E-state index in [1.165, 1.54) is 4.57 Å². The second-order valence-electron chi connectivity index (χ2n) is 5.91. The van der Waals surface area contributed by atoms with E-state index < -0.39 is 11.8 Å². The molecule has 3 rings (SSSR count). The Kier molecular flexibility index (Phi) is 3.57. The second kappa shape index (κ2) is 5.39. The van der Waals surface area contributed by atoms with Crippen LogP contribution >= 0.6 is 0 Å². The molecule has 1 saturated heterocycles. The molecule has 0 spiro atoms. The van der Waals surface area contributed by atoms with E-state index in [-0.39, 0.29) is 5.91 Å². The lowest BCUT2D eigenvalue weighted by Crippen LogP contribution is -2.43. The van der Waals surface area contributed by atoms with Crippen molar-refractivity contribution in [3.8, 4) is 0 Å². The molecule has 2 heterocycles. The van der Waals surface area contributed by atoms with Crippen molar-refractivity contribution in [3.63, 3.8) is 0 Å². The average Bonchev–Trinajstić information content (AvgIpc) is 2.81. The number of rotatable bonds is 2. The maximum Gasteiger partial charge on any atom is 0.420 e. The van der Waals surface area contributed by atoms with Gasteiger partial charge in [0.15, 0.2) is 5.58 Å². The molecule has 0 radical (unpaired) electrons. The zero-order valence-electron chi connectivity index (χ0n) is 12.4. The smallest absolute Gasteiger partial charge is 0.408 e. The number of hydrogen-bond acceptors (Lipinski definition) is 3. The number of carbonyl (C=O) groups is 1. The molecule has 0 unspecified atom stereocenters. The van der Waals surface area contributed by atoms with E-state index in [2.05, 4.69) is 6.92 Å². The van der Waals surface area contributed by atoms with E-state index in [1.54, 1.807) is 13.0 Å². The molecule has 0 N–H and O–H groups in total. The van der Waals surface area contributed by atoms with E-state index in [4.69, 9.17) is 4.42 Å². The monoisotopic (exact) mass is 288 g/mol. The number of oxazole rings is 1. The fourth-order valence-corrected chi connectivity index (χ4v) is 3.12. The molecule has 2 aromatic rings. The zero-order valence-corrected chi connectivity index (χ0v) is 12.4. The predicted molar refractivity (Wildman–Crippen MR) is 80.2 cm³/mol. The van der Waals surface area contributed by atoms with Gasteiger partial charge in [0, 0.05) is 13.1 Å². The number of benzene rings is 1.